The zero-order valence-corrected chi connectivity index (χ0v) is 14.7. The molecular weight excluding hydrogens is 316 g/mol. The lowest BCUT2D eigenvalue weighted by molar-refractivity contribution is -0.136. The van der Waals surface area contributed by atoms with Crippen molar-refractivity contribution >= 4 is 18.3 Å². The largest absolute Gasteiger partial charge is 0.493 e. The van der Waals surface area contributed by atoms with Crippen LogP contribution in [0.1, 0.15) is 24.3 Å². The van der Waals surface area contributed by atoms with Crippen molar-refractivity contribution in [3.8, 4) is 11.5 Å². The molecule has 1 atom stereocenters. The zero-order chi connectivity index (χ0) is 15.7. The van der Waals surface area contributed by atoms with Crippen molar-refractivity contribution in [2.24, 2.45) is 5.41 Å². The van der Waals surface area contributed by atoms with Crippen LogP contribution in [0, 0.1) is 5.41 Å². The molecule has 23 heavy (non-hydrogen) atoms. The SMILES string of the molecule is COc1ccc(C2CN(C)C(=O)C23CCNCC3)cc1OC.Cl. The van der Waals surface area contributed by atoms with Gasteiger partial charge in [-0.3, -0.25) is 4.79 Å². The van der Waals surface area contributed by atoms with Gasteiger partial charge < -0.3 is 19.7 Å². The van der Waals surface area contributed by atoms with Crippen molar-refractivity contribution in [1.82, 2.24) is 10.2 Å². The van der Waals surface area contributed by atoms with Gasteiger partial charge in [0.1, 0.15) is 0 Å². The molecule has 1 N–H and O–H groups in total. The molecule has 0 bridgehead atoms. The molecule has 1 aromatic carbocycles. The van der Waals surface area contributed by atoms with Crippen LogP contribution in [0.25, 0.3) is 0 Å². The number of carbonyl (C=O) groups is 1. The fraction of sp³-hybridized carbons (Fsp3) is 0.588. The van der Waals surface area contributed by atoms with Gasteiger partial charge in [-0.15, -0.1) is 12.4 Å². The van der Waals surface area contributed by atoms with E-state index in [0.717, 1.165) is 49.5 Å². The maximum Gasteiger partial charge on any atom is 0.229 e. The number of methoxy groups -OCH3 is 2. The molecule has 2 fully saturated rings. The second-order valence-electron chi connectivity index (χ2n) is 6.26. The summed E-state index contributed by atoms with van der Waals surface area (Å²) in [5, 5.41) is 3.37. The Hall–Kier alpha value is -1.46. The lowest BCUT2D eigenvalue weighted by Gasteiger charge is -2.36. The third-order valence-electron chi connectivity index (χ3n) is 5.20. The Balaban J connectivity index is 0.00000192. The molecule has 128 valence electrons. The van der Waals surface area contributed by atoms with Crippen molar-refractivity contribution in [2.75, 3.05) is 40.9 Å². The number of likely N-dealkylation sites (tertiary alicyclic amines) is 1. The van der Waals surface area contributed by atoms with Crippen LogP contribution < -0.4 is 14.8 Å². The van der Waals surface area contributed by atoms with Crippen LogP contribution in [-0.4, -0.2) is 51.7 Å². The Morgan fingerprint density at radius 2 is 1.83 bits per heavy atom. The molecule has 2 aliphatic heterocycles. The number of halogens is 1. The molecule has 1 unspecified atom stereocenters. The molecule has 2 aliphatic rings. The molecular formula is C17H25ClN2O3. The van der Waals surface area contributed by atoms with Crippen LogP contribution in [0.2, 0.25) is 0 Å². The smallest absolute Gasteiger partial charge is 0.229 e. The van der Waals surface area contributed by atoms with Crippen molar-refractivity contribution in [2.45, 2.75) is 18.8 Å². The van der Waals surface area contributed by atoms with E-state index < -0.39 is 0 Å². The number of likely N-dealkylation sites (N-methyl/N-ethyl adjacent to an activating group) is 1. The van der Waals surface area contributed by atoms with Gasteiger partial charge in [-0.1, -0.05) is 6.07 Å². The van der Waals surface area contributed by atoms with E-state index in [2.05, 4.69) is 11.4 Å². The molecule has 1 aromatic rings. The van der Waals surface area contributed by atoms with Gasteiger partial charge in [-0.25, -0.2) is 0 Å². The minimum atomic E-state index is -0.264. The first-order valence-electron chi connectivity index (χ1n) is 7.80. The number of amides is 1. The van der Waals surface area contributed by atoms with Crippen LogP contribution in [0.4, 0.5) is 0 Å². The average Bonchev–Trinajstić information content (AvgIpc) is 2.80. The monoisotopic (exact) mass is 340 g/mol. The van der Waals surface area contributed by atoms with Gasteiger partial charge in [0.2, 0.25) is 5.91 Å². The van der Waals surface area contributed by atoms with Gasteiger partial charge in [0.05, 0.1) is 19.6 Å². The van der Waals surface area contributed by atoms with Crippen LogP contribution in [-0.2, 0) is 4.79 Å². The summed E-state index contributed by atoms with van der Waals surface area (Å²) in [7, 11) is 5.19. The van der Waals surface area contributed by atoms with Gasteiger partial charge >= 0.3 is 0 Å². The Morgan fingerprint density at radius 3 is 2.43 bits per heavy atom. The van der Waals surface area contributed by atoms with Crippen LogP contribution in [0.3, 0.4) is 0 Å². The van der Waals surface area contributed by atoms with Gasteiger partial charge in [-0.05, 0) is 43.6 Å². The summed E-state index contributed by atoms with van der Waals surface area (Å²) in [5.74, 6) is 1.95. The number of ether oxygens (including phenoxy) is 2. The summed E-state index contributed by atoms with van der Waals surface area (Å²) in [6, 6.07) is 6.04. The number of hydrogen-bond donors (Lipinski definition) is 1. The quantitative estimate of drug-likeness (QED) is 0.915. The Morgan fingerprint density at radius 1 is 1.17 bits per heavy atom. The first-order valence-corrected chi connectivity index (χ1v) is 7.80. The lowest BCUT2D eigenvalue weighted by atomic mass is 9.68. The first kappa shape index (κ1) is 17.9. The molecule has 0 radical (unpaired) electrons. The number of piperidine rings is 1. The van der Waals surface area contributed by atoms with Gasteiger partial charge in [0.25, 0.3) is 0 Å². The van der Waals surface area contributed by atoms with E-state index in [-0.39, 0.29) is 29.6 Å². The number of rotatable bonds is 3. The highest BCUT2D eigenvalue weighted by Gasteiger charge is 2.53. The van der Waals surface area contributed by atoms with E-state index in [1.165, 1.54) is 0 Å². The average molecular weight is 341 g/mol. The summed E-state index contributed by atoms with van der Waals surface area (Å²) >= 11 is 0. The molecule has 3 rings (SSSR count). The van der Waals surface area contributed by atoms with Gasteiger partial charge in [0.15, 0.2) is 11.5 Å². The number of hydrogen-bond acceptors (Lipinski definition) is 4. The lowest BCUT2D eigenvalue weighted by Crippen LogP contribution is -2.44. The zero-order valence-electron chi connectivity index (χ0n) is 13.9. The Kier molecular flexibility index (Phi) is 5.42. The summed E-state index contributed by atoms with van der Waals surface area (Å²) < 4.78 is 10.8. The fourth-order valence-corrected chi connectivity index (χ4v) is 3.99. The van der Waals surface area contributed by atoms with E-state index in [1.807, 2.05) is 24.1 Å². The molecule has 2 heterocycles. The van der Waals surface area contributed by atoms with E-state index in [0.29, 0.717) is 0 Å². The van der Waals surface area contributed by atoms with Crippen molar-refractivity contribution in [3.05, 3.63) is 23.8 Å². The molecule has 0 aliphatic carbocycles. The van der Waals surface area contributed by atoms with Crippen molar-refractivity contribution < 1.29 is 14.3 Å². The Bertz CT molecular complexity index is 573. The van der Waals surface area contributed by atoms with E-state index in [4.69, 9.17) is 9.47 Å². The second kappa shape index (κ2) is 6.97. The normalized spacial score (nSPS) is 22.8. The van der Waals surface area contributed by atoms with Crippen LogP contribution in [0.15, 0.2) is 18.2 Å². The highest BCUT2D eigenvalue weighted by molar-refractivity contribution is 5.86. The Labute approximate surface area is 143 Å². The van der Waals surface area contributed by atoms with E-state index in [9.17, 15) is 4.79 Å². The molecule has 6 heteroatoms. The number of benzene rings is 1. The van der Waals surface area contributed by atoms with Gasteiger partial charge in [0, 0.05) is 19.5 Å². The first-order chi connectivity index (χ1) is 10.6. The maximum atomic E-state index is 12.8. The maximum absolute atomic E-state index is 12.8. The highest BCUT2D eigenvalue weighted by Crippen LogP contribution is 2.50. The number of carbonyl (C=O) groups excluding carboxylic acids is 1. The molecule has 0 aromatic heterocycles. The summed E-state index contributed by atoms with van der Waals surface area (Å²) in [4.78, 5) is 14.7. The fourth-order valence-electron chi connectivity index (χ4n) is 3.99. The van der Waals surface area contributed by atoms with E-state index in [1.54, 1.807) is 14.2 Å². The third-order valence-corrected chi connectivity index (χ3v) is 5.20. The molecule has 0 saturated carbocycles. The van der Waals surface area contributed by atoms with Gasteiger partial charge in [-0.2, -0.15) is 0 Å². The molecule has 2 saturated heterocycles. The molecule has 1 spiro atoms. The molecule has 5 nitrogen and oxygen atoms in total. The summed E-state index contributed by atoms with van der Waals surface area (Å²) in [6.07, 6.45) is 1.80. The minimum absolute atomic E-state index is 0. The van der Waals surface area contributed by atoms with Crippen molar-refractivity contribution in [3.63, 3.8) is 0 Å². The van der Waals surface area contributed by atoms with Crippen LogP contribution in [0.5, 0.6) is 11.5 Å². The predicted octanol–water partition coefficient (Wildman–Crippen LogP) is 2.05. The second-order valence-corrected chi connectivity index (χ2v) is 6.26. The summed E-state index contributed by atoms with van der Waals surface area (Å²) in [6.45, 7) is 2.58. The minimum Gasteiger partial charge on any atom is -0.493 e. The predicted molar refractivity (Wildman–Crippen MR) is 91.7 cm³/mol. The van der Waals surface area contributed by atoms with Crippen molar-refractivity contribution in [1.29, 1.82) is 0 Å². The highest BCUT2D eigenvalue weighted by atomic mass is 35.5. The molecule has 1 amide bonds. The number of nitrogens with one attached hydrogen (secondary N) is 1. The third kappa shape index (κ3) is 2.88. The standard InChI is InChI=1S/C17H24N2O3.ClH/c1-19-11-13(17(16(19)20)6-8-18-9-7-17)12-4-5-14(21-2)15(10-12)22-3;/h4-5,10,13,18H,6-9,11H2,1-3H3;1H. The van der Waals surface area contributed by atoms with Crippen LogP contribution >= 0.6 is 12.4 Å². The number of nitrogens with zero attached hydrogens (tertiary/aromatic N) is 1. The van der Waals surface area contributed by atoms with E-state index >= 15 is 0 Å². The topological polar surface area (TPSA) is 50.8 Å². The summed E-state index contributed by atoms with van der Waals surface area (Å²) in [5.41, 5.74) is 0.900.